The van der Waals surface area contributed by atoms with Crippen LogP contribution in [0.3, 0.4) is 0 Å². The Balaban J connectivity index is 1.73. The molecule has 1 aliphatic rings. The van der Waals surface area contributed by atoms with Gasteiger partial charge in [0, 0.05) is 31.9 Å². The van der Waals surface area contributed by atoms with Crippen LogP contribution in [0, 0.1) is 5.92 Å². The molecule has 90 valence electrons. The third kappa shape index (κ3) is 2.83. The first-order valence-corrected chi connectivity index (χ1v) is 6.06. The van der Waals surface area contributed by atoms with Crippen LogP contribution in [-0.2, 0) is 18.2 Å². The van der Waals surface area contributed by atoms with E-state index in [0.29, 0.717) is 12.0 Å². The number of piperidine rings is 1. The van der Waals surface area contributed by atoms with Crippen LogP contribution < -0.4 is 5.32 Å². The third-order valence-corrected chi connectivity index (χ3v) is 3.37. The van der Waals surface area contributed by atoms with Gasteiger partial charge in [0.2, 0.25) is 0 Å². The van der Waals surface area contributed by atoms with E-state index in [2.05, 4.69) is 17.3 Å². The van der Waals surface area contributed by atoms with Gasteiger partial charge in [0.15, 0.2) is 0 Å². The molecule has 1 aromatic heterocycles. The fraction of sp³-hybridized carbons (Fsp3) is 0.750. The lowest BCUT2D eigenvalue weighted by Gasteiger charge is -2.29. The van der Waals surface area contributed by atoms with Crippen molar-refractivity contribution in [2.75, 3.05) is 19.7 Å². The average Bonchev–Trinajstić information content (AvgIpc) is 2.67. The molecule has 0 amide bonds. The van der Waals surface area contributed by atoms with E-state index in [-0.39, 0.29) is 0 Å². The number of aryl methyl sites for hydroxylation is 1. The molecular weight excluding hydrogens is 202 g/mol. The number of ether oxygens (including phenoxy) is 1. The summed E-state index contributed by atoms with van der Waals surface area (Å²) in [6.45, 7) is 5.18. The topological polar surface area (TPSA) is 39.1 Å². The summed E-state index contributed by atoms with van der Waals surface area (Å²) < 4.78 is 7.83. The van der Waals surface area contributed by atoms with Gasteiger partial charge in [-0.15, -0.1) is 0 Å². The van der Waals surface area contributed by atoms with Crippen molar-refractivity contribution < 1.29 is 4.74 Å². The van der Waals surface area contributed by atoms with Gasteiger partial charge in [-0.3, -0.25) is 4.68 Å². The molecule has 2 unspecified atom stereocenters. The van der Waals surface area contributed by atoms with E-state index in [1.54, 1.807) is 0 Å². The van der Waals surface area contributed by atoms with Crippen molar-refractivity contribution in [1.29, 1.82) is 0 Å². The van der Waals surface area contributed by atoms with Gasteiger partial charge < -0.3 is 10.1 Å². The molecule has 0 saturated carbocycles. The lowest BCUT2D eigenvalue weighted by molar-refractivity contribution is 0.00526. The van der Waals surface area contributed by atoms with E-state index in [4.69, 9.17) is 4.74 Å². The van der Waals surface area contributed by atoms with Crippen molar-refractivity contribution in [2.24, 2.45) is 13.0 Å². The molecule has 0 spiro atoms. The van der Waals surface area contributed by atoms with Crippen molar-refractivity contribution in [1.82, 2.24) is 15.1 Å². The first-order valence-electron chi connectivity index (χ1n) is 6.06. The molecule has 1 aliphatic heterocycles. The maximum absolute atomic E-state index is 5.92. The van der Waals surface area contributed by atoms with Crippen molar-refractivity contribution in [3.05, 3.63) is 18.0 Å². The molecule has 2 heterocycles. The fourth-order valence-corrected chi connectivity index (χ4v) is 2.15. The highest BCUT2D eigenvalue weighted by Gasteiger charge is 2.21. The van der Waals surface area contributed by atoms with Crippen LogP contribution in [0.25, 0.3) is 0 Å². The zero-order valence-corrected chi connectivity index (χ0v) is 10.1. The van der Waals surface area contributed by atoms with Gasteiger partial charge in [-0.2, -0.15) is 5.10 Å². The van der Waals surface area contributed by atoms with E-state index in [0.717, 1.165) is 26.1 Å². The first-order chi connectivity index (χ1) is 7.77. The predicted molar refractivity (Wildman–Crippen MR) is 63.3 cm³/mol. The van der Waals surface area contributed by atoms with Crippen molar-refractivity contribution in [3.8, 4) is 0 Å². The molecule has 2 atom stereocenters. The monoisotopic (exact) mass is 223 g/mol. The molecule has 0 aromatic carbocycles. The highest BCUT2D eigenvalue weighted by atomic mass is 16.5. The van der Waals surface area contributed by atoms with E-state index in [1.807, 2.05) is 24.0 Å². The van der Waals surface area contributed by atoms with Crippen LogP contribution in [-0.4, -0.2) is 35.6 Å². The van der Waals surface area contributed by atoms with Crippen LogP contribution in [0.4, 0.5) is 0 Å². The number of hydrogen-bond acceptors (Lipinski definition) is 3. The fourth-order valence-electron chi connectivity index (χ4n) is 2.15. The molecule has 1 fully saturated rings. The SMILES string of the molecule is CC1CCNCC1OCCc1ccnn1C. The maximum Gasteiger partial charge on any atom is 0.0725 e. The van der Waals surface area contributed by atoms with Crippen molar-refractivity contribution >= 4 is 0 Å². The number of nitrogens with zero attached hydrogens (tertiary/aromatic N) is 2. The quantitative estimate of drug-likeness (QED) is 0.827. The largest absolute Gasteiger partial charge is 0.376 e. The highest BCUT2D eigenvalue weighted by molar-refractivity contribution is 4.99. The Morgan fingerprint density at radius 2 is 2.50 bits per heavy atom. The standard InChI is InChI=1S/C12H21N3O/c1-10-3-6-13-9-12(10)16-8-5-11-4-7-14-15(11)2/h4,7,10,12-13H,3,5-6,8-9H2,1-2H3. The highest BCUT2D eigenvalue weighted by Crippen LogP contribution is 2.14. The molecule has 1 N–H and O–H groups in total. The Bertz CT molecular complexity index is 324. The Labute approximate surface area is 97.0 Å². The molecular formula is C12H21N3O. The molecule has 4 nitrogen and oxygen atoms in total. The van der Waals surface area contributed by atoms with E-state index in [9.17, 15) is 0 Å². The zero-order chi connectivity index (χ0) is 11.4. The average molecular weight is 223 g/mol. The summed E-state index contributed by atoms with van der Waals surface area (Å²) in [6, 6.07) is 2.05. The summed E-state index contributed by atoms with van der Waals surface area (Å²) in [5.74, 6) is 0.674. The first kappa shape index (κ1) is 11.6. The smallest absolute Gasteiger partial charge is 0.0725 e. The summed E-state index contributed by atoms with van der Waals surface area (Å²) in [6.07, 6.45) is 4.37. The number of aromatic nitrogens is 2. The van der Waals surface area contributed by atoms with E-state index >= 15 is 0 Å². The van der Waals surface area contributed by atoms with Gasteiger partial charge in [-0.1, -0.05) is 6.92 Å². The minimum Gasteiger partial charge on any atom is -0.376 e. The minimum atomic E-state index is 0.377. The lowest BCUT2D eigenvalue weighted by Crippen LogP contribution is -2.41. The predicted octanol–water partition coefficient (Wildman–Crippen LogP) is 0.977. The Hall–Kier alpha value is -0.870. The Kier molecular flexibility index (Phi) is 3.96. The molecule has 1 saturated heterocycles. The van der Waals surface area contributed by atoms with Crippen LogP contribution in [0.1, 0.15) is 19.0 Å². The van der Waals surface area contributed by atoms with Gasteiger partial charge in [0.05, 0.1) is 12.7 Å². The second-order valence-electron chi connectivity index (χ2n) is 4.58. The van der Waals surface area contributed by atoms with E-state index < -0.39 is 0 Å². The molecule has 0 radical (unpaired) electrons. The molecule has 0 bridgehead atoms. The van der Waals surface area contributed by atoms with Crippen molar-refractivity contribution in [3.63, 3.8) is 0 Å². The van der Waals surface area contributed by atoms with Crippen LogP contribution in [0.5, 0.6) is 0 Å². The van der Waals surface area contributed by atoms with Crippen LogP contribution in [0.2, 0.25) is 0 Å². The van der Waals surface area contributed by atoms with Gasteiger partial charge >= 0.3 is 0 Å². The summed E-state index contributed by atoms with van der Waals surface area (Å²) in [5, 5.41) is 7.52. The summed E-state index contributed by atoms with van der Waals surface area (Å²) >= 11 is 0. The number of nitrogens with one attached hydrogen (secondary N) is 1. The second-order valence-corrected chi connectivity index (χ2v) is 4.58. The van der Waals surface area contributed by atoms with Gasteiger partial charge in [0.1, 0.15) is 0 Å². The zero-order valence-electron chi connectivity index (χ0n) is 10.1. The second kappa shape index (κ2) is 5.46. The Morgan fingerprint density at radius 1 is 1.62 bits per heavy atom. The van der Waals surface area contributed by atoms with Crippen LogP contribution >= 0.6 is 0 Å². The third-order valence-electron chi connectivity index (χ3n) is 3.37. The van der Waals surface area contributed by atoms with Gasteiger partial charge in [0.25, 0.3) is 0 Å². The van der Waals surface area contributed by atoms with E-state index in [1.165, 1.54) is 12.1 Å². The van der Waals surface area contributed by atoms with Gasteiger partial charge in [-0.05, 0) is 24.9 Å². The molecule has 2 rings (SSSR count). The normalized spacial score (nSPS) is 25.9. The minimum absolute atomic E-state index is 0.377. The maximum atomic E-state index is 5.92. The molecule has 16 heavy (non-hydrogen) atoms. The van der Waals surface area contributed by atoms with Crippen molar-refractivity contribution in [2.45, 2.75) is 25.9 Å². The molecule has 0 aliphatic carbocycles. The number of hydrogen-bond donors (Lipinski definition) is 1. The van der Waals surface area contributed by atoms with Crippen LogP contribution in [0.15, 0.2) is 12.3 Å². The molecule has 4 heteroatoms. The summed E-state index contributed by atoms with van der Waals surface area (Å²) in [5.41, 5.74) is 1.23. The number of rotatable bonds is 4. The Morgan fingerprint density at radius 3 is 3.19 bits per heavy atom. The lowest BCUT2D eigenvalue weighted by atomic mass is 9.97. The summed E-state index contributed by atoms with van der Waals surface area (Å²) in [7, 11) is 1.97. The molecule has 1 aromatic rings. The summed E-state index contributed by atoms with van der Waals surface area (Å²) in [4.78, 5) is 0. The van der Waals surface area contributed by atoms with Gasteiger partial charge in [-0.25, -0.2) is 0 Å².